The van der Waals surface area contributed by atoms with Crippen LogP contribution in [0, 0.1) is 5.41 Å². The van der Waals surface area contributed by atoms with E-state index in [4.69, 9.17) is 21.6 Å². The third-order valence-corrected chi connectivity index (χ3v) is 4.95. The summed E-state index contributed by atoms with van der Waals surface area (Å²) in [6.45, 7) is 8.57. The molecule has 146 valence electrons. The highest BCUT2D eigenvalue weighted by Gasteiger charge is 2.15. The minimum atomic E-state index is 0.0891. The second kappa shape index (κ2) is 11.9. The van der Waals surface area contributed by atoms with Gasteiger partial charge in [0.2, 0.25) is 0 Å². The Hall–Kier alpha value is -1.63. The quantitative estimate of drug-likeness (QED) is 0.300. The number of nitrogen functional groups attached to an aromatic ring is 1. The molecule has 6 heteroatoms. The van der Waals surface area contributed by atoms with Gasteiger partial charge in [-0.2, -0.15) is 0 Å². The zero-order valence-electron chi connectivity index (χ0n) is 16.0. The van der Waals surface area contributed by atoms with Crippen molar-refractivity contribution in [2.75, 3.05) is 52.4 Å². The van der Waals surface area contributed by atoms with Crippen LogP contribution in [0.5, 0.6) is 5.75 Å². The van der Waals surface area contributed by atoms with Gasteiger partial charge in [-0.15, -0.1) is 0 Å². The molecule has 0 aromatic heterocycles. The third kappa shape index (κ3) is 7.72. The van der Waals surface area contributed by atoms with Gasteiger partial charge in [0.05, 0.1) is 6.61 Å². The lowest BCUT2D eigenvalue weighted by Gasteiger charge is -2.34. The first-order valence-corrected chi connectivity index (χ1v) is 9.91. The number of nitrogens with two attached hydrogens (primary N) is 2. The molecule has 1 heterocycles. The predicted molar refractivity (Wildman–Crippen MR) is 108 cm³/mol. The van der Waals surface area contributed by atoms with E-state index in [-0.39, 0.29) is 5.84 Å². The first-order valence-electron chi connectivity index (χ1n) is 9.91. The van der Waals surface area contributed by atoms with Gasteiger partial charge in [-0.3, -0.25) is 5.41 Å². The molecule has 2 rings (SSSR count). The molecule has 0 saturated carbocycles. The number of hydrogen-bond acceptors (Lipinski definition) is 5. The zero-order chi connectivity index (χ0) is 18.6. The van der Waals surface area contributed by atoms with E-state index >= 15 is 0 Å². The van der Waals surface area contributed by atoms with Gasteiger partial charge in [-0.25, -0.2) is 0 Å². The highest BCUT2D eigenvalue weighted by Crippen LogP contribution is 2.12. The number of hydrogen-bond donors (Lipinski definition) is 3. The number of unbranched alkanes of at least 4 members (excludes halogenated alkanes) is 3. The van der Waals surface area contributed by atoms with E-state index < -0.39 is 0 Å². The van der Waals surface area contributed by atoms with Crippen molar-refractivity contribution in [3.8, 4) is 5.75 Å². The van der Waals surface area contributed by atoms with Gasteiger partial charge in [-0.05, 0) is 56.6 Å². The van der Waals surface area contributed by atoms with Gasteiger partial charge < -0.3 is 26.0 Å². The van der Waals surface area contributed by atoms with Gasteiger partial charge in [-0.1, -0.05) is 12.8 Å². The van der Waals surface area contributed by atoms with E-state index in [9.17, 15) is 0 Å². The van der Waals surface area contributed by atoms with Gasteiger partial charge in [0.25, 0.3) is 0 Å². The summed E-state index contributed by atoms with van der Waals surface area (Å²) >= 11 is 0. The van der Waals surface area contributed by atoms with Gasteiger partial charge in [0.15, 0.2) is 0 Å². The Balaban J connectivity index is 1.51. The van der Waals surface area contributed by atoms with E-state index in [2.05, 4.69) is 9.80 Å². The lowest BCUT2D eigenvalue weighted by atomic mass is 10.2. The van der Waals surface area contributed by atoms with Crippen LogP contribution in [0.3, 0.4) is 0 Å². The molecule has 1 saturated heterocycles. The predicted octanol–water partition coefficient (Wildman–Crippen LogP) is 1.88. The molecule has 1 aliphatic rings. The summed E-state index contributed by atoms with van der Waals surface area (Å²) in [5.41, 5.74) is 11.7. The third-order valence-electron chi connectivity index (χ3n) is 4.95. The maximum atomic E-state index is 7.39. The van der Waals surface area contributed by atoms with E-state index in [0.29, 0.717) is 0 Å². The Bertz CT molecular complexity index is 511. The van der Waals surface area contributed by atoms with Crippen molar-refractivity contribution in [2.24, 2.45) is 11.5 Å². The van der Waals surface area contributed by atoms with E-state index in [1.54, 1.807) is 0 Å². The smallest absolute Gasteiger partial charge is 0.122 e. The number of ether oxygens (including phenoxy) is 1. The Labute approximate surface area is 158 Å². The number of amidine groups is 1. The van der Waals surface area contributed by atoms with Crippen molar-refractivity contribution in [2.45, 2.75) is 32.1 Å². The van der Waals surface area contributed by atoms with Crippen molar-refractivity contribution in [3.05, 3.63) is 29.8 Å². The zero-order valence-corrected chi connectivity index (χ0v) is 16.0. The molecule has 0 bridgehead atoms. The van der Waals surface area contributed by atoms with Crippen LogP contribution in [0.2, 0.25) is 0 Å². The van der Waals surface area contributed by atoms with Gasteiger partial charge in [0.1, 0.15) is 11.6 Å². The van der Waals surface area contributed by atoms with E-state index in [0.717, 1.165) is 56.9 Å². The van der Waals surface area contributed by atoms with Crippen molar-refractivity contribution >= 4 is 5.84 Å². The molecule has 1 aromatic rings. The average molecular weight is 362 g/mol. The van der Waals surface area contributed by atoms with Crippen LogP contribution in [0.15, 0.2) is 24.3 Å². The molecule has 0 unspecified atom stereocenters. The fraction of sp³-hybridized carbons (Fsp3) is 0.650. The summed E-state index contributed by atoms with van der Waals surface area (Å²) in [6, 6.07) is 7.41. The summed E-state index contributed by atoms with van der Waals surface area (Å²) in [7, 11) is 0. The molecule has 0 aliphatic carbocycles. The number of nitrogens with zero attached hydrogens (tertiary/aromatic N) is 2. The Morgan fingerprint density at radius 1 is 0.885 bits per heavy atom. The van der Waals surface area contributed by atoms with Crippen LogP contribution in [-0.4, -0.2) is 68.1 Å². The average Bonchev–Trinajstić information content (AvgIpc) is 2.66. The molecule has 0 radical (unpaired) electrons. The Morgan fingerprint density at radius 2 is 1.46 bits per heavy atom. The summed E-state index contributed by atoms with van der Waals surface area (Å²) < 4.78 is 5.78. The fourth-order valence-corrected chi connectivity index (χ4v) is 3.28. The Kier molecular flexibility index (Phi) is 9.45. The molecule has 6 nitrogen and oxygen atoms in total. The molecule has 1 aliphatic heterocycles. The van der Waals surface area contributed by atoms with Crippen LogP contribution in [0.4, 0.5) is 0 Å². The standard InChI is InChI=1S/C20H35N5O/c21-10-3-1-2-4-11-24-13-15-25(16-14-24)12-5-17-26-19-8-6-18(7-9-19)20(22)23/h6-9H,1-5,10-17,21H2,(H3,22,23). The number of nitrogens with one attached hydrogen (secondary N) is 1. The fourth-order valence-electron chi connectivity index (χ4n) is 3.28. The van der Waals surface area contributed by atoms with Crippen LogP contribution in [0.1, 0.15) is 37.7 Å². The van der Waals surface area contributed by atoms with Crippen LogP contribution in [0.25, 0.3) is 0 Å². The van der Waals surface area contributed by atoms with E-state index in [1.807, 2.05) is 24.3 Å². The van der Waals surface area contributed by atoms with Gasteiger partial charge in [0, 0.05) is 38.3 Å². The monoisotopic (exact) mass is 361 g/mol. The SMILES string of the molecule is N=C(N)c1ccc(OCCCN2CCN(CCCCCCN)CC2)cc1. The number of benzene rings is 1. The first-order chi connectivity index (χ1) is 12.7. The maximum absolute atomic E-state index is 7.39. The topological polar surface area (TPSA) is 91.6 Å². The normalized spacial score (nSPS) is 15.9. The van der Waals surface area contributed by atoms with Gasteiger partial charge >= 0.3 is 0 Å². The highest BCUT2D eigenvalue weighted by atomic mass is 16.5. The van der Waals surface area contributed by atoms with Crippen molar-refractivity contribution in [3.63, 3.8) is 0 Å². The first kappa shape index (κ1) is 20.7. The molecular formula is C20H35N5O. The van der Waals surface area contributed by atoms with Crippen LogP contribution in [-0.2, 0) is 0 Å². The summed E-state index contributed by atoms with van der Waals surface area (Å²) in [6.07, 6.45) is 6.08. The lowest BCUT2D eigenvalue weighted by Crippen LogP contribution is -2.46. The largest absolute Gasteiger partial charge is 0.494 e. The molecule has 1 fully saturated rings. The minimum absolute atomic E-state index is 0.0891. The number of piperazine rings is 1. The van der Waals surface area contributed by atoms with Crippen molar-refractivity contribution in [1.29, 1.82) is 5.41 Å². The molecule has 1 aromatic carbocycles. The van der Waals surface area contributed by atoms with Crippen LogP contribution < -0.4 is 16.2 Å². The van der Waals surface area contributed by atoms with Crippen molar-refractivity contribution in [1.82, 2.24) is 9.80 Å². The van der Waals surface area contributed by atoms with E-state index in [1.165, 1.54) is 38.9 Å². The number of rotatable bonds is 12. The molecular weight excluding hydrogens is 326 g/mol. The second-order valence-electron chi connectivity index (χ2n) is 7.03. The lowest BCUT2D eigenvalue weighted by molar-refractivity contribution is 0.124. The molecule has 5 N–H and O–H groups in total. The summed E-state index contributed by atoms with van der Waals surface area (Å²) in [4.78, 5) is 5.12. The second-order valence-corrected chi connectivity index (χ2v) is 7.03. The summed E-state index contributed by atoms with van der Waals surface area (Å²) in [5.74, 6) is 0.931. The van der Waals surface area contributed by atoms with Crippen LogP contribution >= 0.6 is 0 Å². The molecule has 0 amide bonds. The highest BCUT2D eigenvalue weighted by molar-refractivity contribution is 5.94. The minimum Gasteiger partial charge on any atom is -0.494 e. The Morgan fingerprint density at radius 3 is 2.04 bits per heavy atom. The molecule has 26 heavy (non-hydrogen) atoms. The van der Waals surface area contributed by atoms with Crippen molar-refractivity contribution < 1.29 is 4.74 Å². The summed E-state index contributed by atoms with van der Waals surface area (Å²) in [5, 5.41) is 7.39. The molecule has 0 atom stereocenters. The maximum Gasteiger partial charge on any atom is 0.122 e. The molecule has 0 spiro atoms.